The van der Waals surface area contributed by atoms with Crippen LogP contribution in [-0.4, -0.2) is 42.1 Å². The molecule has 15 heteroatoms. The van der Waals surface area contributed by atoms with E-state index in [0.717, 1.165) is 0 Å². The van der Waals surface area contributed by atoms with Crippen molar-refractivity contribution in [3.8, 4) is 0 Å². The lowest BCUT2D eigenvalue weighted by Crippen LogP contribution is -2.71. The fraction of sp³-hybridized carbons (Fsp3) is 1.00. The molecule has 0 aliphatic heterocycles. The number of halogens is 14. The van der Waals surface area contributed by atoms with Crippen molar-refractivity contribution in [1.29, 1.82) is 0 Å². The van der Waals surface area contributed by atoms with Gasteiger partial charge in [-0.15, -0.1) is 0 Å². The van der Waals surface area contributed by atoms with Crippen LogP contribution in [0.25, 0.3) is 0 Å². The van der Waals surface area contributed by atoms with Crippen molar-refractivity contribution in [2.75, 3.05) is 0 Å². The Kier molecular flexibility index (Phi) is 4.76. The Labute approximate surface area is 111 Å². The standard InChI is InChI=1S/C7H3F14N/c8-1(22)2(9,10)3(11,12)4(13,14)5(15,16)6(17,18)7(19,20)21/h1H,22H2. The zero-order chi connectivity index (χ0) is 18.6. The smallest absolute Gasteiger partial charge is 0.296 e. The largest absolute Gasteiger partial charge is 0.460 e. The van der Waals surface area contributed by atoms with Gasteiger partial charge < -0.3 is 0 Å². The Hall–Kier alpha value is -1.02. The van der Waals surface area contributed by atoms with Crippen molar-refractivity contribution < 1.29 is 61.5 Å². The first-order valence-corrected chi connectivity index (χ1v) is 4.55. The van der Waals surface area contributed by atoms with Crippen LogP contribution in [0.15, 0.2) is 0 Å². The van der Waals surface area contributed by atoms with Crippen molar-refractivity contribution in [3.05, 3.63) is 0 Å². The molecule has 0 bridgehead atoms. The molecule has 0 amide bonds. The van der Waals surface area contributed by atoms with Crippen molar-refractivity contribution in [2.24, 2.45) is 5.73 Å². The molecule has 0 spiro atoms. The van der Waals surface area contributed by atoms with Crippen molar-refractivity contribution in [3.63, 3.8) is 0 Å². The molecule has 0 aromatic heterocycles. The van der Waals surface area contributed by atoms with Gasteiger partial charge in [0.15, 0.2) is 0 Å². The lowest BCUT2D eigenvalue weighted by molar-refractivity contribution is -0.442. The van der Waals surface area contributed by atoms with Gasteiger partial charge in [0.05, 0.1) is 0 Å². The Morgan fingerprint density at radius 1 is 0.500 bits per heavy atom. The minimum atomic E-state index is -8.04. The van der Waals surface area contributed by atoms with Gasteiger partial charge in [-0.05, 0) is 0 Å². The van der Waals surface area contributed by atoms with Gasteiger partial charge in [0.2, 0.25) is 6.30 Å². The van der Waals surface area contributed by atoms with Crippen LogP contribution in [0.4, 0.5) is 61.5 Å². The van der Waals surface area contributed by atoms with Crippen molar-refractivity contribution >= 4 is 0 Å². The second-order valence-electron chi connectivity index (χ2n) is 3.82. The average Bonchev–Trinajstić information content (AvgIpc) is 2.25. The van der Waals surface area contributed by atoms with E-state index in [9.17, 15) is 61.5 Å². The van der Waals surface area contributed by atoms with Crippen LogP contribution in [0.2, 0.25) is 0 Å². The first-order valence-electron chi connectivity index (χ1n) is 4.55. The first kappa shape index (κ1) is 21.0. The molecule has 0 aromatic carbocycles. The third-order valence-corrected chi connectivity index (χ3v) is 2.30. The molecule has 22 heavy (non-hydrogen) atoms. The molecular formula is C7H3F14N. The van der Waals surface area contributed by atoms with Crippen LogP contribution in [-0.2, 0) is 0 Å². The summed E-state index contributed by atoms with van der Waals surface area (Å²) in [6, 6.07) is 0. The lowest BCUT2D eigenvalue weighted by atomic mass is 9.93. The highest BCUT2D eigenvalue weighted by atomic mass is 19.4. The van der Waals surface area contributed by atoms with Crippen LogP contribution in [0.5, 0.6) is 0 Å². The maximum atomic E-state index is 12.7. The summed E-state index contributed by atoms with van der Waals surface area (Å²) >= 11 is 0. The maximum absolute atomic E-state index is 12.7. The molecule has 1 nitrogen and oxygen atoms in total. The highest BCUT2D eigenvalue weighted by molar-refractivity contribution is 5.11. The van der Waals surface area contributed by atoms with Gasteiger partial charge in [0.1, 0.15) is 0 Å². The summed E-state index contributed by atoms with van der Waals surface area (Å²) in [5, 5.41) is 0. The summed E-state index contributed by atoms with van der Waals surface area (Å²) in [6.07, 6.45) is -12.3. The maximum Gasteiger partial charge on any atom is 0.460 e. The molecule has 0 saturated carbocycles. The first-order chi connectivity index (χ1) is 9.19. The van der Waals surface area contributed by atoms with E-state index in [1.165, 1.54) is 0 Å². The topological polar surface area (TPSA) is 26.0 Å². The minimum Gasteiger partial charge on any atom is -0.296 e. The molecule has 0 fully saturated rings. The number of rotatable bonds is 5. The van der Waals surface area contributed by atoms with Crippen LogP contribution < -0.4 is 5.73 Å². The number of alkyl halides is 14. The molecule has 0 heterocycles. The Morgan fingerprint density at radius 2 is 0.773 bits per heavy atom. The second-order valence-corrected chi connectivity index (χ2v) is 3.82. The minimum absolute atomic E-state index is 3.51. The molecule has 0 saturated heterocycles. The van der Waals surface area contributed by atoms with E-state index < -0.39 is 42.1 Å². The van der Waals surface area contributed by atoms with Crippen LogP contribution in [0.3, 0.4) is 0 Å². The van der Waals surface area contributed by atoms with Gasteiger partial charge in [0.25, 0.3) is 0 Å². The van der Waals surface area contributed by atoms with Crippen LogP contribution in [0.1, 0.15) is 0 Å². The van der Waals surface area contributed by atoms with E-state index in [1.54, 1.807) is 0 Å². The zero-order valence-corrected chi connectivity index (χ0v) is 9.45. The molecule has 0 aliphatic rings. The summed E-state index contributed by atoms with van der Waals surface area (Å²) in [7, 11) is 0. The van der Waals surface area contributed by atoms with E-state index >= 15 is 0 Å². The molecule has 0 aliphatic carbocycles. The normalized spacial score (nSPS) is 17.6. The van der Waals surface area contributed by atoms with Gasteiger partial charge in [-0.2, -0.15) is 57.1 Å². The number of hydrogen-bond acceptors (Lipinski definition) is 1. The summed E-state index contributed by atoms with van der Waals surface area (Å²) in [5.41, 5.74) is 3.51. The highest BCUT2D eigenvalue weighted by Gasteiger charge is 2.91. The van der Waals surface area contributed by atoms with Gasteiger partial charge in [-0.3, -0.25) is 5.73 Å². The Bertz CT molecular complexity index is 406. The molecule has 134 valence electrons. The third-order valence-electron chi connectivity index (χ3n) is 2.30. The van der Waals surface area contributed by atoms with Gasteiger partial charge in [-0.1, -0.05) is 0 Å². The van der Waals surface area contributed by atoms with E-state index in [2.05, 4.69) is 5.73 Å². The van der Waals surface area contributed by atoms with Crippen LogP contribution in [0, 0.1) is 0 Å². The lowest BCUT2D eigenvalue weighted by Gasteiger charge is -2.39. The van der Waals surface area contributed by atoms with E-state index in [1.807, 2.05) is 0 Å². The number of nitrogens with two attached hydrogens (primary N) is 1. The van der Waals surface area contributed by atoms with Crippen molar-refractivity contribution in [2.45, 2.75) is 42.1 Å². The quantitative estimate of drug-likeness (QED) is 0.578. The fourth-order valence-electron chi connectivity index (χ4n) is 0.955. The van der Waals surface area contributed by atoms with Crippen molar-refractivity contribution in [1.82, 2.24) is 0 Å². The fourth-order valence-corrected chi connectivity index (χ4v) is 0.955. The molecular weight excluding hydrogens is 364 g/mol. The van der Waals surface area contributed by atoms with Gasteiger partial charge in [-0.25, -0.2) is 4.39 Å². The summed E-state index contributed by atoms with van der Waals surface area (Å²) in [6.45, 7) is 0. The molecule has 2 N–H and O–H groups in total. The predicted octanol–water partition coefficient (Wildman–Crippen LogP) is 3.98. The Morgan fingerprint density at radius 3 is 1.00 bits per heavy atom. The highest BCUT2D eigenvalue weighted by Crippen LogP contribution is 2.60. The van der Waals surface area contributed by atoms with Crippen LogP contribution >= 0.6 is 0 Å². The molecule has 1 atom stereocenters. The number of hydrogen-bond donors (Lipinski definition) is 1. The SMILES string of the molecule is NC(F)C(F)(F)C(F)(F)C(F)(F)C(F)(F)C(F)(F)C(F)(F)F. The molecule has 0 radical (unpaired) electrons. The van der Waals surface area contributed by atoms with Gasteiger partial charge >= 0.3 is 35.8 Å². The zero-order valence-electron chi connectivity index (χ0n) is 9.45. The third kappa shape index (κ3) is 2.46. The Balaban J connectivity index is 6.24. The summed E-state index contributed by atoms with van der Waals surface area (Å²) in [4.78, 5) is 0. The monoisotopic (exact) mass is 367 g/mol. The molecule has 0 rings (SSSR count). The summed E-state index contributed by atoms with van der Waals surface area (Å²) in [5.74, 6) is -38.4. The average molecular weight is 367 g/mol. The summed E-state index contributed by atoms with van der Waals surface area (Å²) < 4.78 is 172. The van der Waals surface area contributed by atoms with E-state index in [0.29, 0.717) is 0 Å². The second kappa shape index (κ2) is 4.99. The molecule has 1 unspecified atom stereocenters. The molecule has 0 aromatic rings. The van der Waals surface area contributed by atoms with E-state index in [-0.39, 0.29) is 0 Å². The van der Waals surface area contributed by atoms with E-state index in [4.69, 9.17) is 0 Å². The van der Waals surface area contributed by atoms with Gasteiger partial charge in [0, 0.05) is 0 Å². The predicted molar refractivity (Wildman–Crippen MR) is 39.9 cm³/mol.